The first-order valence-electron chi connectivity index (χ1n) is 8.64. The molecule has 4 rings (SSSR count). The molecule has 1 aromatic heterocycles. The van der Waals surface area contributed by atoms with Gasteiger partial charge in [0.2, 0.25) is 5.88 Å². The van der Waals surface area contributed by atoms with Gasteiger partial charge < -0.3 is 9.47 Å². The number of ether oxygens (including phenoxy) is 2. The molecule has 126 valence electrons. The zero-order valence-electron chi connectivity index (χ0n) is 13.8. The maximum Gasteiger partial charge on any atom is 0.232 e. The maximum atomic E-state index is 6.09. The van der Waals surface area contributed by atoms with Gasteiger partial charge in [0.15, 0.2) is 0 Å². The second-order valence-electron chi connectivity index (χ2n) is 6.75. The lowest BCUT2D eigenvalue weighted by Crippen LogP contribution is -2.66. The molecule has 3 heterocycles. The summed E-state index contributed by atoms with van der Waals surface area (Å²) >= 11 is 0. The van der Waals surface area contributed by atoms with Crippen LogP contribution in [-0.2, 0) is 11.2 Å². The molecule has 1 unspecified atom stereocenters. The molecule has 5 nitrogen and oxygen atoms in total. The van der Waals surface area contributed by atoms with E-state index in [9.17, 15) is 0 Å². The van der Waals surface area contributed by atoms with Crippen molar-refractivity contribution in [2.24, 2.45) is 0 Å². The van der Waals surface area contributed by atoms with Gasteiger partial charge in [-0.3, -0.25) is 9.88 Å². The topological polar surface area (TPSA) is 47.5 Å². The zero-order chi connectivity index (χ0) is 16.2. The molecule has 0 amide bonds. The third-order valence-corrected chi connectivity index (χ3v) is 4.86. The standard InChI is InChI=1S/C19H23N3O2/c1-2-4-16(5-3-1)6-10-22-14-19(15-22)12-17(7-11-23-19)24-18-13-20-8-9-21-18/h1-5,8-9,13,17H,6-7,10-12,14-15H2. The first kappa shape index (κ1) is 15.5. The molecule has 2 saturated heterocycles. The lowest BCUT2D eigenvalue weighted by atomic mass is 9.84. The number of nitrogens with zero attached hydrogens (tertiary/aromatic N) is 3. The number of hydrogen-bond acceptors (Lipinski definition) is 5. The predicted octanol–water partition coefficient (Wildman–Crippen LogP) is 2.33. The smallest absolute Gasteiger partial charge is 0.232 e. The van der Waals surface area contributed by atoms with Crippen LogP contribution < -0.4 is 4.74 Å². The van der Waals surface area contributed by atoms with Crippen molar-refractivity contribution >= 4 is 0 Å². The van der Waals surface area contributed by atoms with Crippen LogP contribution in [0.15, 0.2) is 48.9 Å². The van der Waals surface area contributed by atoms with E-state index in [-0.39, 0.29) is 11.7 Å². The van der Waals surface area contributed by atoms with Crippen LogP contribution in [-0.4, -0.2) is 52.8 Å². The normalized spacial score (nSPS) is 22.9. The van der Waals surface area contributed by atoms with E-state index in [4.69, 9.17) is 9.47 Å². The van der Waals surface area contributed by atoms with E-state index >= 15 is 0 Å². The summed E-state index contributed by atoms with van der Waals surface area (Å²) in [5, 5.41) is 0. The van der Waals surface area contributed by atoms with Crippen LogP contribution in [0.5, 0.6) is 5.88 Å². The molecule has 2 aromatic rings. The first-order chi connectivity index (χ1) is 11.8. The summed E-state index contributed by atoms with van der Waals surface area (Å²) in [6.45, 7) is 3.85. The average molecular weight is 325 g/mol. The molecule has 5 heteroatoms. The molecule has 0 bridgehead atoms. The molecule has 1 spiro atoms. The van der Waals surface area contributed by atoms with Crippen LogP contribution in [0.2, 0.25) is 0 Å². The molecule has 0 N–H and O–H groups in total. The third-order valence-electron chi connectivity index (χ3n) is 4.86. The summed E-state index contributed by atoms with van der Waals surface area (Å²) in [5.74, 6) is 0.611. The summed E-state index contributed by atoms with van der Waals surface area (Å²) in [6, 6.07) is 10.7. The average Bonchev–Trinajstić information content (AvgIpc) is 2.60. The van der Waals surface area contributed by atoms with Gasteiger partial charge in [0.25, 0.3) is 0 Å². The first-order valence-corrected chi connectivity index (χ1v) is 8.64. The number of rotatable bonds is 5. The monoisotopic (exact) mass is 325 g/mol. The largest absolute Gasteiger partial charge is 0.473 e. The van der Waals surface area contributed by atoms with Gasteiger partial charge in [-0.2, -0.15) is 0 Å². The number of likely N-dealkylation sites (tertiary alicyclic amines) is 1. The van der Waals surface area contributed by atoms with Crippen molar-refractivity contribution in [1.29, 1.82) is 0 Å². The second-order valence-corrected chi connectivity index (χ2v) is 6.75. The minimum atomic E-state index is -0.0260. The minimum absolute atomic E-state index is 0.0260. The summed E-state index contributed by atoms with van der Waals surface area (Å²) in [4.78, 5) is 10.7. The zero-order valence-corrected chi connectivity index (χ0v) is 13.8. The Morgan fingerprint density at radius 2 is 2.08 bits per heavy atom. The predicted molar refractivity (Wildman–Crippen MR) is 91.0 cm³/mol. The molecule has 24 heavy (non-hydrogen) atoms. The third kappa shape index (κ3) is 3.57. The summed E-state index contributed by atoms with van der Waals surface area (Å²) < 4.78 is 12.1. The van der Waals surface area contributed by atoms with E-state index in [2.05, 4.69) is 45.2 Å². The summed E-state index contributed by atoms with van der Waals surface area (Å²) in [6.07, 6.45) is 8.12. The molecular weight excluding hydrogens is 302 g/mol. The van der Waals surface area contributed by atoms with E-state index in [0.717, 1.165) is 45.5 Å². The highest BCUT2D eigenvalue weighted by molar-refractivity contribution is 5.15. The van der Waals surface area contributed by atoms with Gasteiger partial charge in [-0.1, -0.05) is 30.3 Å². The van der Waals surface area contributed by atoms with E-state index in [1.54, 1.807) is 18.6 Å². The molecular formula is C19H23N3O2. The highest BCUT2D eigenvalue weighted by atomic mass is 16.5. The molecule has 2 aliphatic rings. The Balaban J connectivity index is 1.26. The fourth-order valence-electron chi connectivity index (χ4n) is 3.68. The van der Waals surface area contributed by atoms with Crippen LogP contribution in [0.3, 0.4) is 0 Å². The molecule has 0 aliphatic carbocycles. The van der Waals surface area contributed by atoms with Gasteiger partial charge in [-0.25, -0.2) is 4.98 Å². The Morgan fingerprint density at radius 1 is 1.21 bits per heavy atom. The Kier molecular flexibility index (Phi) is 4.45. The van der Waals surface area contributed by atoms with Crippen LogP contribution in [0.4, 0.5) is 0 Å². The molecule has 0 radical (unpaired) electrons. The van der Waals surface area contributed by atoms with Gasteiger partial charge in [0, 0.05) is 44.9 Å². The fraction of sp³-hybridized carbons (Fsp3) is 0.474. The van der Waals surface area contributed by atoms with Crippen molar-refractivity contribution in [1.82, 2.24) is 14.9 Å². The minimum Gasteiger partial charge on any atom is -0.473 e. The van der Waals surface area contributed by atoms with Crippen molar-refractivity contribution in [2.75, 3.05) is 26.2 Å². The lowest BCUT2D eigenvalue weighted by molar-refractivity contribution is -0.185. The number of benzene rings is 1. The second kappa shape index (κ2) is 6.87. The van der Waals surface area contributed by atoms with Crippen molar-refractivity contribution < 1.29 is 9.47 Å². The van der Waals surface area contributed by atoms with E-state index in [1.165, 1.54) is 5.56 Å². The van der Waals surface area contributed by atoms with E-state index in [1.807, 2.05) is 0 Å². The highest BCUT2D eigenvalue weighted by Gasteiger charge is 2.47. The molecule has 1 atom stereocenters. The van der Waals surface area contributed by atoms with E-state index in [0.29, 0.717) is 5.88 Å². The van der Waals surface area contributed by atoms with Crippen LogP contribution in [0.25, 0.3) is 0 Å². The quantitative estimate of drug-likeness (QED) is 0.844. The summed E-state index contributed by atoms with van der Waals surface area (Å²) in [5.41, 5.74) is 1.37. The van der Waals surface area contributed by atoms with Gasteiger partial charge in [0.05, 0.1) is 18.4 Å². The summed E-state index contributed by atoms with van der Waals surface area (Å²) in [7, 11) is 0. The number of hydrogen-bond donors (Lipinski definition) is 0. The Morgan fingerprint density at radius 3 is 2.88 bits per heavy atom. The lowest BCUT2D eigenvalue weighted by Gasteiger charge is -2.53. The van der Waals surface area contributed by atoms with Gasteiger partial charge in [-0.15, -0.1) is 0 Å². The molecule has 2 aliphatic heterocycles. The van der Waals surface area contributed by atoms with Crippen LogP contribution in [0.1, 0.15) is 18.4 Å². The van der Waals surface area contributed by atoms with Gasteiger partial charge >= 0.3 is 0 Å². The highest BCUT2D eigenvalue weighted by Crippen LogP contribution is 2.35. The molecule has 2 fully saturated rings. The maximum absolute atomic E-state index is 6.09. The molecule has 0 saturated carbocycles. The molecule has 1 aromatic carbocycles. The number of aromatic nitrogens is 2. The van der Waals surface area contributed by atoms with Crippen molar-refractivity contribution in [3.05, 3.63) is 54.5 Å². The SMILES string of the molecule is c1ccc(CCN2CC3(CC(Oc4cnccn4)CCO3)C2)cc1. The Hall–Kier alpha value is -1.98. The van der Waals surface area contributed by atoms with Crippen molar-refractivity contribution in [2.45, 2.75) is 31.0 Å². The Bertz CT molecular complexity index is 644. The van der Waals surface area contributed by atoms with Crippen molar-refractivity contribution in [3.63, 3.8) is 0 Å². The van der Waals surface area contributed by atoms with Gasteiger partial charge in [-0.05, 0) is 12.0 Å². The van der Waals surface area contributed by atoms with E-state index < -0.39 is 0 Å². The van der Waals surface area contributed by atoms with Crippen LogP contribution in [0, 0.1) is 0 Å². The fourth-order valence-corrected chi connectivity index (χ4v) is 3.68. The van der Waals surface area contributed by atoms with Crippen LogP contribution >= 0.6 is 0 Å². The Labute approximate surface area is 142 Å². The van der Waals surface area contributed by atoms with Crippen molar-refractivity contribution in [3.8, 4) is 5.88 Å². The van der Waals surface area contributed by atoms with Gasteiger partial charge in [0.1, 0.15) is 6.10 Å².